The van der Waals surface area contributed by atoms with Crippen molar-refractivity contribution in [2.75, 3.05) is 0 Å². The van der Waals surface area contributed by atoms with Gasteiger partial charge in [-0.15, -0.1) is 0 Å². The summed E-state index contributed by atoms with van der Waals surface area (Å²) >= 11 is 0. The highest BCUT2D eigenvalue weighted by Crippen LogP contribution is 2.59. The molecule has 114 valence electrons. The molecule has 0 aromatic heterocycles. The molecule has 0 saturated heterocycles. The molecule has 0 N–H and O–H groups in total. The Morgan fingerprint density at radius 2 is 1.95 bits per heavy atom. The minimum Gasteiger partial charge on any atom is -0.0850 e. The summed E-state index contributed by atoms with van der Waals surface area (Å²) in [5, 5.41) is 0. The van der Waals surface area contributed by atoms with Crippen LogP contribution >= 0.6 is 0 Å². The monoisotopic (exact) mass is 274 g/mol. The quantitative estimate of drug-likeness (QED) is 0.508. The summed E-state index contributed by atoms with van der Waals surface area (Å²) in [5.74, 6) is 5.64. The summed E-state index contributed by atoms with van der Waals surface area (Å²) in [6, 6.07) is 0. The smallest absolute Gasteiger partial charge is 0.0175 e. The maximum absolute atomic E-state index is 2.65. The predicted molar refractivity (Wildman–Crippen MR) is 87.5 cm³/mol. The van der Waals surface area contributed by atoms with E-state index in [2.05, 4.69) is 40.7 Å². The van der Waals surface area contributed by atoms with E-state index >= 15 is 0 Å². The molecular weight excluding hydrogens is 240 g/mol. The Balaban J connectivity index is 1.92. The Hall–Kier alpha value is -0.260. The van der Waals surface area contributed by atoms with Gasteiger partial charge in [0.1, 0.15) is 0 Å². The number of rotatable bonds is 1. The van der Waals surface area contributed by atoms with Crippen molar-refractivity contribution in [2.24, 2.45) is 40.9 Å². The lowest BCUT2D eigenvalue weighted by molar-refractivity contribution is 0.106. The lowest BCUT2D eigenvalue weighted by atomic mass is 9.64. The van der Waals surface area contributed by atoms with Crippen molar-refractivity contribution in [3.8, 4) is 0 Å². The van der Waals surface area contributed by atoms with Crippen molar-refractivity contribution in [2.45, 2.75) is 73.1 Å². The summed E-state index contributed by atoms with van der Waals surface area (Å²) in [5.41, 5.74) is 2.36. The third-order valence-electron chi connectivity index (χ3n) is 7.48. The summed E-state index contributed by atoms with van der Waals surface area (Å²) in [6.45, 7) is 12.5. The zero-order valence-corrected chi connectivity index (χ0v) is 14.3. The lowest BCUT2D eigenvalue weighted by Crippen LogP contribution is -2.33. The molecule has 0 radical (unpaired) electrons. The summed E-state index contributed by atoms with van der Waals surface area (Å²) in [7, 11) is 0. The van der Waals surface area contributed by atoms with Crippen LogP contribution in [0.15, 0.2) is 11.6 Å². The Kier molecular flexibility index (Phi) is 3.80. The summed E-state index contributed by atoms with van der Waals surface area (Å²) < 4.78 is 0. The molecule has 2 fully saturated rings. The highest BCUT2D eigenvalue weighted by atomic mass is 14.5. The van der Waals surface area contributed by atoms with Crippen molar-refractivity contribution >= 4 is 0 Å². The molecular formula is C20H34. The third kappa shape index (κ3) is 2.28. The van der Waals surface area contributed by atoms with Gasteiger partial charge in [0.2, 0.25) is 0 Å². The maximum atomic E-state index is 2.65. The molecule has 20 heavy (non-hydrogen) atoms. The van der Waals surface area contributed by atoms with Crippen LogP contribution in [0, 0.1) is 40.9 Å². The normalized spacial score (nSPS) is 51.1. The van der Waals surface area contributed by atoms with Gasteiger partial charge in [-0.05, 0) is 86.4 Å². The predicted octanol–water partition coefficient (Wildman–Crippen LogP) is 6.08. The second kappa shape index (κ2) is 5.18. The van der Waals surface area contributed by atoms with E-state index in [9.17, 15) is 0 Å². The molecule has 2 saturated carbocycles. The minimum atomic E-state index is 0.633. The number of hydrogen-bond donors (Lipinski definition) is 0. The standard InChI is InChI=1S/C20H34/c1-13(2)16-10-11-20(5)12-18-15(4)6-8-17(18)14(3)7-9-19(16)20/h7,13,15-19H,6,8-12H2,1-5H3/b14-7-/t15?,16-,17-,18-,19+,20-/m1/s1. The Bertz CT molecular complexity index is 391. The first-order valence-corrected chi connectivity index (χ1v) is 9.09. The van der Waals surface area contributed by atoms with Crippen molar-refractivity contribution in [3.63, 3.8) is 0 Å². The van der Waals surface area contributed by atoms with Crippen LogP contribution in [0.3, 0.4) is 0 Å². The largest absolute Gasteiger partial charge is 0.0850 e. The van der Waals surface area contributed by atoms with Crippen molar-refractivity contribution in [1.29, 1.82) is 0 Å². The lowest BCUT2D eigenvalue weighted by Gasteiger charge is -2.41. The molecule has 3 aliphatic carbocycles. The first-order chi connectivity index (χ1) is 9.42. The van der Waals surface area contributed by atoms with Gasteiger partial charge in [-0.1, -0.05) is 39.3 Å². The van der Waals surface area contributed by atoms with E-state index in [1.165, 1.54) is 38.5 Å². The van der Waals surface area contributed by atoms with Gasteiger partial charge in [-0.3, -0.25) is 0 Å². The number of hydrogen-bond acceptors (Lipinski definition) is 0. The fourth-order valence-corrected chi connectivity index (χ4v) is 6.09. The molecule has 3 rings (SSSR count). The molecule has 0 spiro atoms. The van der Waals surface area contributed by atoms with Gasteiger partial charge < -0.3 is 0 Å². The van der Waals surface area contributed by atoms with Crippen LogP contribution in [0.2, 0.25) is 0 Å². The minimum absolute atomic E-state index is 0.633. The van der Waals surface area contributed by atoms with Crippen molar-refractivity contribution < 1.29 is 0 Å². The zero-order chi connectivity index (χ0) is 14.5. The molecule has 1 unspecified atom stereocenters. The van der Waals surface area contributed by atoms with E-state index < -0.39 is 0 Å². The molecule has 0 heterocycles. The van der Waals surface area contributed by atoms with Crippen LogP contribution in [0.5, 0.6) is 0 Å². The highest BCUT2D eigenvalue weighted by Gasteiger charge is 2.49. The maximum Gasteiger partial charge on any atom is -0.0175 e. The first-order valence-electron chi connectivity index (χ1n) is 9.09. The van der Waals surface area contributed by atoms with Crippen molar-refractivity contribution in [1.82, 2.24) is 0 Å². The van der Waals surface area contributed by atoms with E-state index in [0.29, 0.717) is 5.41 Å². The fraction of sp³-hybridized carbons (Fsp3) is 0.900. The van der Waals surface area contributed by atoms with E-state index in [0.717, 1.165) is 35.5 Å². The molecule has 0 nitrogen and oxygen atoms in total. The van der Waals surface area contributed by atoms with Crippen LogP contribution in [0.25, 0.3) is 0 Å². The van der Waals surface area contributed by atoms with E-state index in [-0.39, 0.29) is 0 Å². The molecule has 0 aromatic rings. The summed E-state index contributed by atoms with van der Waals surface area (Å²) in [6.07, 6.45) is 11.4. The second-order valence-corrected chi connectivity index (χ2v) is 8.92. The van der Waals surface area contributed by atoms with Crippen LogP contribution < -0.4 is 0 Å². The first kappa shape index (κ1) is 14.7. The molecule has 0 aliphatic heterocycles. The number of allylic oxidation sites excluding steroid dienone is 2. The van der Waals surface area contributed by atoms with Gasteiger partial charge in [0, 0.05) is 0 Å². The van der Waals surface area contributed by atoms with Crippen LogP contribution in [-0.2, 0) is 0 Å². The fourth-order valence-electron chi connectivity index (χ4n) is 6.09. The molecule has 0 amide bonds. The van der Waals surface area contributed by atoms with Crippen LogP contribution in [0.1, 0.15) is 73.1 Å². The van der Waals surface area contributed by atoms with Gasteiger partial charge in [-0.2, -0.15) is 0 Å². The Morgan fingerprint density at radius 1 is 1.20 bits per heavy atom. The van der Waals surface area contributed by atoms with Crippen LogP contribution in [-0.4, -0.2) is 0 Å². The summed E-state index contributed by atoms with van der Waals surface area (Å²) in [4.78, 5) is 0. The van der Waals surface area contributed by atoms with Gasteiger partial charge in [0.05, 0.1) is 0 Å². The Labute approximate surface area is 126 Å². The molecule has 0 heteroatoms. The van der Waals surface area contributed by atoms with E-state index in [1.54, 1.807) is 5.57 Å². The highest BCUT2D eigenvalue weighted by molar-refractivity contribution is 5.14. The molecule has 6 atom stereocenters. The van der Waals surface area contributed by atoms with E-state index in [1.807, 2.05) is 0 Å². The average Bonchev–Trinajstić information content (AvgIpc) is 2.88. The number of fused-ring (bicyclic) bond motifs is 2. The second-order valence-electron chi connectivity index (χ2n) is 8.92. The van der Waals surface area contributed by atoms with Gasteiger partial charge in [0.15, 0.2) is 0 Å². The molecule has 0 aromatic carbocycles. The molecule has 0 bridgehead atoms. The van der Waals surface area contributed by atoms with Gasteiger partial charge in [-0.25, -0.2) is 0 Å². The van der Waals surface area contributed by atoms with Gasteiger partial charge in [0.25, 0.3) is 0 Å². The molecule has 3 aliphatic rings. The van der Waals surface area contributed by atoms with E-state index in [4.69, 9.17) is 0 Å². The zero-order valence-electron chi connectivity index (χ0n) is 14.3. The SMILES string of the molecule is C/C1=C/C[C@H]2[C@@H](C(C)C)CC[C@]2(C)C[C@@H]2C(C)CC[C@H]12. The third-order valence-corrected chi connectivity index (χ3v) is 7.48. The average molecular weight is 274 g/mol. The topological polar surface area (TPSA) is 0 Å². The van der Waals surface area contributed by atoms with Crippen LogP contribution in [0.4, 0.5) is 0 Å². The van der Waals surface area contributed by atoms with Gasteiger partial charge >= 0.3 is 0 Å². The van der Waals surface area contributed by atoms with Crippen molar-refractivity contribution in [3.05, 3.63) is 11.6 Å². The Morgan fingerprint density at radius 3 is 2.65 bits per heavy atom.